The maximum absolute atomic E-state index is 11.7. The van der Waals surface area contributed by atoms with Gasteiger partial charge in [0.15, 0.2) is 0 Å². The Bertz CT molecular complexity index is 377. The van der Waals surface area contributed by atoms with Crippen molar-refractivity contribution in [3.63, 3.8) is 0 Å². The average Bonchev–Trinajstić information content (AvgIpc) is 2.75. The summed E-state index contributed by atoms with van der Waals surface area (Å²) >= 11 is 0. The molecule has 2 bridgehead atoms. The highest BCUT2D eigenvalue weighted by Crippen LogP contribution is 2.61. The predicted octanol–water partition coefficient (Wildman–Crippen LogP) is 1.83. The van der Waals surface area contributed by atoms with Crippen LogP contribution in [-0.2, 0) is 14.3 Å². The molecule has 2 aliphatic carbocycles. The van der Waals surface area contributed by atoms with Crippen molar-refractivity contribution in [2.24, 2.45) is 23.7 Å². The highest BCUT2D eigenvalue weighted by molar-refractivity contribution is 6.78. The first kappa shape index (κ1) is 10.3. The van der Waals surface area contributed by atoms with Gasteiger partial charge in [-0.2, -0.15) is 0 Å². The number of carbonyl (C=O) groups excluding carboxylic acids is 2. The van der Waals surface area contributed by atoms with Gasteiger partial charge in [-0.25, -0.2) is 0 Å². The topological polar surface area (TPSA) is 43.4 Å². The van der Waals surface area contributed by atoms with Crippen molar-refractivity contribution in [3.05, 3.63) is 12.2 Å². The molecule has 0 aromatic rings. The van der Waals surface area contributed by atoms with Gasteiger partial charge in [-0.1, -0.05) is 31.8 Å². The summed E-state index contributed by atoms with van der Waals surface area (Å²) in [6, 6.07) is 0. The summed E-state index contributed by atoms with van der Waals surface area (Å²) in [5.74, 6) is -0.370. The molecule has 2 fully saturated rings. The SMILES string of the molecule is C[Si](C)(C)C1[C@H]2C=C[C@@H]1[C@@H]1C(=O)OC(=O)[C@@H]12. The quantitative estimate of drug-likeness (QED) is 0.302. The van der Waals surface area contributed by atoms with Gasteiger partial charge in [0.1, 0.15) is 0 Å². The molecule has 1 saturated heterocycles. The van der Waals surface area contributed by atoms with E-state index < -0.39 is 8.07 Å². The fourth-order valence-electron chi connectivity index (χ4n) is 3.92. The Balaban J connectivity index is 2.03. The number of ether oxygens (including phenoxy) is 1. The van der Waals surface area contributed by atoms with Gasteiger partial charge >= 0.3 is 11.9 Å². The number of fused-ring (bicyclic) bond motifs is 5. The lowest BCUT2D eigenvalue weighted by atomic mass is 9.85. The molecule has 0 amide bonds. The summed E-state index contributed by atoms with van der Waals surface area (Å²) in [5, 5.41) is 0. The molecule has 0 aromatic heterocycles. The van der Waals surface area contributed by atoms with Crippen LogP contribution >= 0.6 is 0 Å². The van der Waals surface area contributed by atoms with Gasteiger partial charge < -0.3 is 4.74 Å². The molecule has 0 aromatic carbocycles. The molecule has 3 aliphatic rings. The maximum atomic E-state index is 11.7. The molecule has 0 radical (unpaired) electrons. The van der Waals surface area contributed by atoms with Gasteiger partial charge in [-0.15, -0.1) is 0 Å². The normalized spacial score (nSPS) is 45.1. The molecule has 0 N–H and O–H groups in total. The number of cyclic esters (lactones) is 2. The Morgan fingerprint density at radius 1 is 1.00 bits per heavy atom. The summed E-state index contributed by atoms with van der Waals surface area (Å²) < 4.78 is 4.77. The van der Waals surface area contributed by atoms with Crippen molar-refractivity contribution < 1.29 is 14.3 Å². The third-order valence-electron chi connectivity index (χ3n) is 4.35. The van der Waals surface area contributed by atoms with Crippen molar-refractivity contribution in [1.29, 1.82) is 0 Å². The molecule has 0 spiro atoms. The lowest BCUT2D eigenvalue weighted by molar-refractivity contribution is -0.154. The van der Waals surface area contributed by atoms with E-state index >= 15 is 0 Å². The van der Waals surface area contributed by atoms with E-state index in [1.807, 2.05) is 0 Å². The highest BCUT2D eigenvalue weighted by Gasteiger charge is 2.64. The van der Waals surface area contributed by atoms with Gasteiger partial charge in [0.2, 0.25) is 0 Å². The van der Waals surface area contributed by atoms with E-state index in [0.29, 0.717) is 5.54 Å². The van der Waals surface area contributed by atoms with Crippen molar-refractivity contribution in [1.82, 2.24) is 0 Å². The second-order valence-electron chi connectivity index (χ2n) is 6.22. The zero-order valence-electron chi connectivity index (χ0n) is 9.77. The number of esters is 2. The van der Waals surface area contributed by atoms with Crippen LogP contribution in [0.25, 0.3) is 0 Å². The Kier molecular flexibility index (Phi) is 1.83. The Morgan fingerprint density at radius 3 is 1.81 bits per heavy atom. The minimum absolute atomic E-state index is 0.167. The second-order valence-corrected chi connectivity index (χ2v) is 11.6. The second kappa shape index (κ2) is 2.86. The number of allylic oxidation sites excluding steroid dienone is 2. The molecule has 5 atom stereocenters. The smallest absolute Gasteiger partial charge is 0.318 e. The first-order valence-electron chi connectivity index (χ1n) is 5.85. The van der Waals surface area contributed by atoms with Crippen LogP contribution < -0.4 is 0 Å². The van der Waals surface area contributed by atoms with E-state index in [4.69, 9.17) is 4.74 Å². The van der Waals surface area contributed by atoms with Gasteiger partial charge in [-0.3, -0.25) is 9.59 Å². The van der Waals surface area contributed by atoms with Crippen molar-refractivity contribution in [2.75, 3.05) is 0 Å². The van der Waals surface area contributed by atoms with Crippen LogP contribution in [0.1, 0.15) is 0 Å². The van der Waals surface area contributed by atoms with Gasteiger partial charge in [0.05, 0.1) is 11.8 Å². The molecule has 4 heteroatoms. The number of carbonyl (C=O) groups is 2. The van der Waals surface area contributed by atoms with Crippen molar-refractivity contribution in [3.8, 4) is 0 Å². The zero-order valence-corrected chi connectivity index (χ0v) is 10.8. The minimum atomic E-state index is -1.34. The van der Waals surface area contributed by atoms with E-state index in [1.165, 1.54) is 0 Å². The first-order valence-corrected chi connectivity index (χ1v) is 9.43. The van der Waals surface area contributed by atoms with E-state index in [0.717, 1.165) is 0 Å². The van der Waals surface area contributed by atoms with Crippen LogP contribution in [-0.4, -0.2) is 20.0 Å². The number of hydrogen-bond acceptors (Lipinski definition) is 3. The molecule has 3 nitrogen and oxygen atoms in total. The van der Waals surface area contributed by atoms with Crippen molar-refractivity contribution in [2.45, 2.75) is 25.2 Å². The predicted molar refractivity (Wildman–Crippen MR) is 61.3 cm³/mol. The van der Waals surface area contributed by atoms with Crippen molar-refractivity contribution >= 4 is 20.0 Å². The van der Waals surface area contributed by atoms with E-state index in [1.54, 1.807) is 0 Å². The van der Waals surface area contributed by atoms with Crippen LogP contribution in [0.5, 0.6) is 0 Å². The fourth-order valence-corrected chi connectivity index (χ4v) is 6.86. The Labute approximate surface area is 95.9 Å². The molecule has 16 heavy (non-hydrogen) atoms. The molecule has 1 unspecified atom stereocenters. The molecule has 1 saturated carbocycles. The standard InChI is InChI=1S/C12H16O3Si/c1-16(2,3)10-6-4-5-7(10)9-8(6)11(13)15-12(9)14/h4-10H,1-3H3/t6-,7+,8+,9-,10?. The van der Waals surface area contributed by atoms with Gasteiger partial charge in [0.25, 0.3) is 0 Å². The van der Waals surface area contributed by atoms with Crippen LogP contribution in [0.15, 0.2) is 12.2 Å². The van der Waals surface area contributed by atoms with Crippen LogP contribution in [0, 0.1) is 23.7 Å². The van der Waals surface area contributed by atoms with E-state index in [9.17, 15) is 9.59 Å². The van der Waals surface area contributed by atoms with Gasteiger partial charge in [0, 0.05) is 8.07 Å². The van der Waals surface area contributed by atoms with Crippen LogP contribution in [0.3, 0.4) is 0 Å². The molecular weight excluding hydrogens is 220 g/mol. The van der Waals surface area contributed by atoms with Crippen LogP contribution in [0.2, 0.25) is 25.2 Å². The van der Waals surface area contributed by atoms with E-state index in [2.05, 4.69) is 31.8 Å². The largest absolute Gasteiger partial charge is 0.393 e. The monoisotopic (exact) mass is 236 g/mol. The first-order chi connectivity index (χ1) is 7.41. The molecular formula is C12H16O3Si. The number of hydrogen-bond donors (Lipinski definition) is 0. The average molecular weight is 236 g/mol. The molecule has 1 aliphatic heterocycles. The van der Waals surface area contributed by atoms with E-state index in [-0.39, 0.29) is 35.6 Å². The molecule has 3 rings (SSSR count). The Morgan fingerprint density at radius 2 is 1.44 bits per heavy atom. The summed E-state index contributed by atoms with van der Waals surface area (Å²) in [5.41, 5.74) is 0.541. The number of rotatable bonds is 1. The summed E-state index contributed by atoms with van der Waals surface area (Å²) in [4.78, 5) is 23.3. The summed E-state index contributed by atoms with van der Waals surface area (Å²) in [7, 11) is -1.34. The summed E-state index contributed by atoms with van der Waals surface area (Å²) in [6.07, 6.45) is 4.29. The third-order valence-corrected chi connectivity index (χ3v) is 7.12. The van der Waals surface area contributed by atoms with Crippen LogP contribution in [0.4, 0.5) is 0 Å². The van der Waals surface area contributed by atoms with Gasteiger partial charge in [-0.05, 0) is 17.4 Å². The molecule has 86 valence electrons. The fraction of sp³-hybridized carbons (Fsp3) is 0.667. The lowest BCUT2D eigenvalue weighted by Crippen LogP contribution is -2.33. The highest BCUT2D eigenvalue weighted by atomic mass is 28.3. The Hall–Kier alpha value is -0.903. The molecule has 1 heterocycles. The maximum Gasteiger partial charge on any atom is 0.318 e. The third kappa shape index (κ3) is 1.08. The lowest BCUT2D eigenvalue weighted by Gasteiger charge is -2.30. The zero-order chi connectivity index (χ0) is 11.7. The summed E-state index contributed by atoms with van der Waals surface area (Å²) in [6.45, 7) is 6.96. The minimum Gasteiger partial charge on any atom is -0.393 e.